The maximum Gasteiger partial charge on any atom is 0.259 e. The Kier molecular flexibility index (Phi) is 5.83. The van der Waals surface area contributed by atoms with E-state index in [9.17, 15) is 9.90 Å². The highest BCUT2D eigenvalue weighted by Crippen LogP contribution is 2.50. The number of carbonyl (C=O) groups is 1. The van der Waals surface area contributed by atoms with E-state index >= 15 is 0 Å². The van der Waals surface area contributed by atoms with Crippen LogP contribution in [0.4, 0.5) is 0 Å². The summed E-state index contributed by atoms with van der Waals surface area (Å²) in [4.78, 5) is 13.1. The number of nitrogens with zero attached hydrogens (tertiary/aromatic N) is 1. The average molecular weight is 377 g/mol. The third kappa shape index (κ3) is 3.94. The lowest BCUT2D eigenvalue weighted by atomic mass is 9.72. The summed E-state index contributed by atoms with van der Waals surface area (Å²) in [5.41, 5.74) is 5.67. The zero-order valence-electron chi connectivity index (χ0n) is 17.1. The van der Waals surface area contributed by atoms with Gasteiger partial charge in [-0.1, -0.05) is 72.9 Å². The van der Waals surface area contributed by atoms with Gasteiger partial charge in [0.1, 0.15) is 11.0 Å². The number of nitrogens with one attached hydrogen (secondary N) is 1. The summed E-state index contributed by atoms with van der Waals surface area (Å²) in [5, 5.41) is 12.6. The normalized spacial score (nSPS) is 18.7. The average Bonchev–Trinajstić information content (AvgIpc) is 2.77. The maximum atomic E-state index is 13.1. The van der Waals surface area contributed by atoms with Crippen LogP contribution in [0.5, 0.6) is 5.75 Å². The number of phenols is 1. The minimum atomic E-state index is -0.345. The summed E-state index contributed by atoms with van der Waals surface area (Å²) < 4.78 is 0. The zero-order valence-corrected chi connectivity index (χ0v) is 17.9. The number of phenolic OH excluding ortho intramolecular Hbond substituents is 1. The van der Waals surface area contributed by atoms with Gasteiger partial charge >= 0.3 is 0 Å². The molecule has 1 amide bonds. The van der Waals surface area contributed by atoms with Crippen molar-refractivity contribution in [1.29, 1.82) is 0 Å². The molecule has 0 radical (unpaired) electrons. The number of carbonyl (C=O) groups excluding carboxylic acids is 1. The van der Waals surface area contributed by atoms with Gasteiger partial charge in [0.05, 0.1) is 5.03 Å². The van der Waals surface area contributed by atoms with Crippen molar-refractivity contribution in [3.05, 3.63) is 40.4 Å². The number of aromatic hydroxyl groups is 1. The second-order valence-corrected chi connectivity index (χ2v) is 10.1. The summed E-state index contributed by atoms with van der Waals surface area (Å²) in [6.07, 6.45) is 0.938. The summed E-state index contributed by atoms with van der Waals surface area (Å²) in [7, 11) is 0. The van der Waals surface area contributed by atoms with Gasteiger partial charge in [0, 0.05) is 12.1 Å². The molecule has 1 atom stereocenters. The highest BCUT2D eigenvalue weighted by atomic mass is 32.2. The molecule has 2 N–H and O–H groups in total. The van der Waals surface area contributed by atoms with E-state index in [-0.39, 0.29) is 22.0 Å². The summed E-state index contributed by atoms with van der Waals surface area (Å²) in [5.74, 6) is 0.297. The lowest BCUT2D eigenvalue weighted by molar-refractivity contribution is -0.130. The molecule has 0 aliphatic carbocycles. The van der Waals surface area contributed by atoms with E-state index in [0.29, 0.717) is 5.75 Å². The molecule has 0 saturated carbocycles. The molecule has 5 heteroatoms. The molecule has 1 aromatic carbocycles. The van der Waals surface area contributed by atoms with E-state index in [4.69, 9.17) is 0 Å². The first-order chi connectivity index (χ1) is 11.9. The predicted molar refractivity (Wildman–Crippen MR) is 110 cm³/mol. The second kappa shape index (κ2) is 7.28. The Bertz CT molecular complexity index is 714. The van der Waals surface area contributed by atoms with Crippen molar-refractivity contribution in [2.24, 2.45) is 0 Å². The minimum Gasteiger partial charge on any atom is -0.508 e. The van der Waals surface area contributed by atoms with Crippen molar-refractivity contribution in [3.8, 4) is 5.75 Å². The highest BCUT2D eigenvalue weighted by Gasteiger charge is 2.41. The van der Waals surface area contributed by atoms with Gasteiger partial charge in [0.25, 0.3) is 5.91 Å². The number of hydrogen-bond donors (Lipinski definition) is 2. The van der Waals surface area contributed by atoms with Crippen molar-refractivity contribution >= 4 is 17.7 Å². The van der Waals surface area contributed by atoms with Crippen LogP contribution in [0, 0.1) is 0 Å². The maximum absolute atomic E-state index is 13.1. The van der Waals surface area contributed by atoms with Crippen LogP contribution in [0.3, 0.4) is 0 Å². The number of benzene rings is 1. The monoisotopic (exact) mass is 376 g/mol. The number of thioether (sulfide) groups is 1. The first-order valence-corrected chi connectivity index (χ1v) is 10.1. The fourth-order valence-corrected chi connectivity index (χ4v) is 4.52. The summed E-state index contributed by atoms with van der Waals surface area (Å²) in [6.45, 7) is 19.5. The van der Waals surface area contributed by atoms with Crippen molar-refractivity contribution in [1.82, 2.24) is 10.4 Å². The van der Waals surface area contributed by atoms with Crippen LogP contribution in [-0.4, -0.2) is 22.6 Å². The third-order valence-corrected chi connectivity index (χ3v) is 5.61. The van der Waals surface area contributed by atoms with Gasteiger partial charge in [-0.15, -0.1) is 0 Å². The van der Waals surface area contributed by atoms with Crippen LogP contribution < -0.4 is 5.43 Å². The van der Waals surface area contributed by atoms with Gasteiger partial charge in [-0.2, -0.15) is 0 Å². The number of hydrazine groups is 1. The van der Waals surface area contributed by atoms with Crippen LogP contribution in [0.25, 0.3) is 0 Å². The van der Waals surface area contributed by atoms with E-state index in [1.807, 2.05) is 6.07 Å². The number of amides is 1. The van der Waals surface area contributed by atoms with E-state index in [1.54, 1.807) is 11.1 Å². The van der Waals surface area contributed by atoms with Crippen molar-refractivity contribution in [2.45, 2.75) is 71.0 Å². The molecule has 1 unspecified atom stereocenters. The molecule has 1 aliphatic heterocycles. The molecule has 144 valence electrons. The van der Waals surface area contributed by atoms with E-state index in [1.165, 1.54) is 11.8 Å². The molecule has 26 heavy (non-hydrogen) atoms. The second-order valence-electron chi connectivity index (χ2n) is 8.90. The van der Waals surface area contributed by atoms with Crippen LogP contribution >= 0.6 is 11.8 Å². The molecule has 2 rings (SSSR count). The molecule has 0 spiro atoms. The highest BCUT2D eigenvalue weighted by molar-refractivity contribution is 8.04. The topological polar surface area (TPSA) is 52.6 Å². The first kappa shape index (κ1) is 20.8. The van der Waals surface area contributed by atoms with E-state index in [2.05, 4.69) is 60.5 Å². The Morgan fingerprint density at radius 3 is 2.23 bits per heavy atom. The number of hydrogen-bond acceptors (Lipinski definition) is 4. The summed E-state index contributed by atoms with van der Waals surface area (Å²) >= 11 is 1.48. The van der Waals surface area contributed by atoms with Gasteiger partial charge in [-0.25, -0.2) is 10.4 Å². The smallest absolute Gasteiger partial charge is 0.259 e. The Hall–Kier alpha value is -1.46. The molecule has 1 aromatic rings. The van der Waals surface area contributed by atoms with Gasteiger partial charge in [-0.05, 0) is 34.4 Å². The Labute approximate surface area is 162 Å². The van der Waals surface area contributed by atoms with E-state index in [0.717, 1.165) is 34.7 Å². The first-order valence-electron chi connectivity index (χ1n) is 9.19. The van der Waals surface area contributed by atoms with Gasteiger partial charge in [0.2, 0.25) is 0 Å². The molecule has 1 saturated heterocycles. The van der Waals surface area contributed by atoms with Crippen molar-refractivity contribution in [2.75, 3.05) is 6.54 Å². The molecule has 1 aliphatic rings. The molecule has 1 fully saturated rings. The SMILES string of the molecule is C=C1SC(c2ccc(O)c(C(C)(C)C)c2C(C)(C)C)C(=O)N1NCCC. The van der Waals surface area contributed by atoms with Crippen LogP contribution in [0.15, 0.2) is 23.7 Å². The fraction of sp³-hybridized carbons (Fsp3) is 0.571. The molecule has 0 bridgehead atoms. The van der Waals surface area contributed by atoms with Gasteiger partial charge < -0.3 is 5.11 Å². The molecule has 4 nitrogen and oxygen atoms in total. The molecular weight excluding hydrogens is 344 g/mol. The van der Waals surface area contributed by atoms with Gasteiger partial charge in [0.15, 0.2) is 0 Å². The Morgan fingerprint density at radius 2 is 1.73 bits per heavy atom. The summed E-state index contributed by atoms with van der Waals surface area (Å²) in [6, 6.07) is 3.63. The minimum absolute atomic E-state index is 0.00417. The fourth-order valence-electron chi connectivity index (χ4n) is 3.46. The van der Waals surface area contributed by atoms with Crippen LogP contribution in [0.2, 0.25) is 0 Å². The number of rotatable bonds is 4. The molecule has 0 aromatic heterocycles. The Balaban J connectivity index is 2.61. The van der Waals surface area contributed by atoms with Gasteiger partial charge in [-0.3, -0.25) is 4.79 Å². The van der Waals surface area contributed by atoms with Crippen molar-refractivity contribution < 1.29 is 9.90 Å². The lowest BCUT2D eigenvalue weighted by Gasteiger charge is -2.34. The quantitative estimate of drug-likeness (QED) is 0.777. The largest absolute Gasteiger partial charge is 0.508 e. The standard InChI is InChI=1S/C21H32N2O2S/c1-9-12-22-23-13(2)26-18(19(23)25)14-10-11-15(24)17(21(6,7)8)16(14)20(3,4)5/h10-11,18,22,24H,2,9,12H2,1,3-8H3. The Morgan fingerprint density at radius 1 is 1.15 bits per heavy atom. The zero-order chi connectivity index (χ0) is 19.9. The van der Waals surface area contributed by atoms with Crippen LogP contribution in [0.1, 0.15) is 76.8 Å². The third-order valence-electron chi connectivity index (χ3n) is 4.47. The van der Waals surface area contributed by atoms with Crippen LogP contribution in [-0.2, 0) is 15.6 Å². The molecule has 1 heterocycles. The predicted octanol–water partition coefficient (Wildman–Crippen LogP) is 4.99. The molecular formula is C21H32N2O2S. The van der Waals surface area contributed by atoms with E-state index < -0.39 is 0 Å². The lowest BCUT2D eigenvalue weighted by Crippen LogP contribution is -2.39. The van der Waals surface area contributed by atoms with Crippen molar-refractivity contribution in [3.63, 3.8) is 0 Å².